The maximum atomic E-state index is 2.35. The second-order valence-corrected chi connectivity index (χ2v) is 5.68. The fraction of sp³-hybridized carbons (Fsp3) is 0.867. The van der Waals surface area contributed by atoms with Crippen LogP contribution in [0.5, 0.6) is 0 Å². The lowest BCUT2D eigenvalue weighted by Gasteiger charge is -2.10. The fourth-order valence-electron chi connectivity index (χ4n) is 1.66. The van der Waals surface area contributed by atoms with Crippen molar-refractivity contribution in [2.24, 2.45) is 5.41 Å². The van der Waals surface area contributed by atoms with Crippen LogP contribution in [0.1, 0.15) is 79.1 Å². The van der Waals surface area contributed by atoms with Gasteiger partial charge in [-0.05, 0) is 18.3 Å². The molecular weight excluding hydrogens is 180 g/mol. The predicted octanol–water partition coefficient (Wildman–Crippen LogP) is 5.73. The largest absolute Gasteiger partial charge is 0.0880 e. The summed E-state index contributed by atoms with van der Waals surface area (Å²) in [5, 5.41) is 0. The molecule has 0 unspecified atom stereocenters. The molecule has 0 atom stereocenters. The van der Waals surface area contributed by atoms with Crippen molar-refractivity contribution in [3.05, 3.63) is 12.2 Å². The van der Waals surface area contributed by atoms with Gasteiger partial charge in [0.15, 0.2) is 0 Å². The predicted molar refractivity (Wildman–Crippen MR) is 71.2 cm³/mol. The minimum atomic E-state index is 0.362. The molecule has 15 heavy (non-hydrogen) atoms. The van der Waals surface area contributed by atoms with Crippen molar-refractivity contribution < 1.29 is 0 Å². The molecule has 0 aliphatic heterocycles. The van der Waals surface area contributed by atoms with Gasteiger partial charge in [0.05, 0.1) is 0 Å². The van der Waals surface area contributed by atoms with Crippen molar-refractivity contribution in [2.45, 2.75) is 79.1 Å². The van der Waals surface area contributed by atoms with E-state index >= 15 is 0 Å². The molecule has 0 saturated carbocycles. The molecule has 0 aromatic heterocycles. The molecule has 0 fully saturated rings. The fourth-order valence-corrected chi connectivity index (χ4v) is 1.66. The first-order valence-corrected chi connectivity index (χ1v) is 6.74. The maximum absolute atomic E-state index is 2.35. The van der Waals surface area contributed by atoms with Gasteiger partial charge in [0, 0.05) is 0 Å². The first kappa shape index (κ1) is 14.7. The lowest BCUT2D eigenvalue weighted by atomic mass is 9.95. The summed E-state index contributed by atoms with van der Waals surface area (Å²) < 4.78 is 0. The number of hydrogen-bond acceptors (Lipinski definition) is 0. The highest BCUT2D eigenvalue weighted by Crippen LogP contribution is 2.16. The summed E-state index contributed by atoms with van der Waals surface area (Å²) in [7, 11) is 0. The van der Waals surface area contributed by atoms with Crippen LogP contribution < -0.4 is 0 Å². The van der Waals surface area contributed by atoms with Crippen LogP contribution in [0.4, 0.5) is 0 Å². The van der Waals surface area contributed by atoms with Crippen LogP contribution in [-0.2, 0) is 0 Å². The Morgan fingerprint density at radius 3 is 1.87 bits per heavy atom. The summed E-state index contributed by atoms with van der Waals surface area (Å²) in [6, 6.07) is 0. The van der Waals surface area contributed by atoms with Crippen molar-refractivity contribution in [2.75, 3.05) is 0 Å². The molecule has 0 spiro atoms. The zero-order valence-electron chi connectivity index (χ0n) is 11.3. The minimum absolute atomic E-state index is 0.362. The van der Waals surface area contributed by atoms with E-state index in [-0.39, 0.29) is 0 Å². The van der Waals surface area contributed by atoms with Crippen LogP contribution in [0.25, 0.3) is 0 Å². The maximum Gasteiger partial charge on any atom is -0.0203 e. The Balaban J connectivity index is 3.15. The van der Waals surface area contributed by atoms with Crippen molar-refractivity contribution in [1.82, 2.24) is 0 Å². The van der Waals surface area contributed by atoms with E-state index in [0.717, 1.165) is 0 Å². The summed E-state index contributed by atoms with van der Waals surface area (Å²) in [6.07, 6.45) is 15.8. The number of rotatable bonds is 8. The Morgan fingerprint density at radius 2 is 1.33 bits per heavy atom. The van der Waals surface area contributed by atoms with Gasteiger partial charge in [-0.25, -0.2) is 0 Å². The van der Waals surface area contributed by atoms with Gasteiger partial charge in [-0.3, -0.25) is 0 Å². The van der Waals surface area contributed by atoms with Crippen LogP contribution in [0.15, 0.2) is 12.2 Å². The summed E-state index contributed by atoms with van der Waals surface area (Å²) in [6.45, 7) is 9.05. The van der Waals surface area contributed by atoms with E-state index in [9.17, 15) is 0 Å². The third-order valence-corrected chi connectivity index (χ3v) is 2.59. The Kier molecular flexibility index (Phi) is 8.85. The minimum Gasteiger partial charge on any atom is -0.0880 e. The van der Waals surface area contributed by atoms with E-state index in [2.05, 4.69) is 39.8 Å². The molecule has 0 N–H and O–H groups in total. The molecule has 0 heteroatoms. The Bertz CT molecular complexity index is 148. The molecule has 0 aliphatic carbocycles. The van der Waals surface area contributed by atoms with E-state index in [1.54, 1.807) is 0 Å². The van der Waals surface area contributed by atoms with Gasteiger partial charge < -0.3 is 0 Å². The average Bonchev–Trinajstić information content (AvgIpc) is 2.14. The van der Waals surface area contributed by atoms with Gasteiger partial charge in [0.1, 0.15) is 0 Å². The standard InChI is InChI=1S/C15H30/c1-5-6-7-8-9-10-11-12-13-14-15(2,3)4/h13-14H,5-12H2,1-4H3/b14-13-. The van der Waals surface area contributed by atoms with E-state index in [0.29, 0.717) is 5.41 Å². The third kappa shape index (κ3) is 13.7. The summed E-state index contributed by atoms with van der Waals surface area (Å²) in [4.78, 5) is 0. The summed E-state index contributed by atoms with van der Waals surface area (Å²) in [5.74, 6) is 0. The van der Waals surface area contributed by atoms with Crippen molar-refractivity contribution >= 4 is 0 Å². The molecule has 0 amide bonds. The summed E-state index contributed by atoms with van der Waals surface area (Å²) >= 11 is 0. The normalized spacial score (nSPS) is 12.5. The average molecular weight is 210 g/mol. The zero-order chi connectivity index (χ0) is 11.6. The lowest BCUT2D eigenvalue weighted by molar-refractivity contribution is 0.539. The van der Waals surface area contributed by atoms with Crippen molar-refractivity contribution in [1.29, 1.82) is 0 Å². The number of unbranched alkanes of at least 4 members (excludes halogenated alkanes) is 7. The molecule has 90 valence electrons. The van der Waals surface area contributed by atoms with Crippen molar-refractivity contribution in [3.8, 4) is 0 Å². The molecular formula is C15H30. The van der Waals surface area contributed by atoms with Gasteiger partial charge in [-0.2, -0.15) is 0 Å². The van der Waals surface area contributed by atoms with Crippen LogP contribution in [0.3, 0.4) is 0 Å². The van der Waals surface area contributed by atoms with Gasteiger partial charge >= 0.3 is 0 Å². The molecule has 0 bridgehead atoms. The third-order valence-electron chi connectivity index (χ3n) is 2.59. The number of hydrogen-bond donors (Lipinski definition) is 0. The highest BCUT2D eigenvalue weighted by Gasteiger charge is 2.02. The van der Waals surface area contributed by atoms with Crippen LogP contribution in [0, 0.1) is 5.41 Å². The molecule has 0 heterocycles. The van der Waals surface area contributed by atoms with Crippen LogP contribution in [0.2, 0.25) is 0 Å². The molecule has 0 rings (SSSR count). The lowest BCUT2D eigenvalue weighted by Crippen LogP contribution is -1.98. The van der Waals surface area contributed by atoms with E-state index in [4.69, 9.17) is 0 Å². The van der Waals surface area contributed by atoms with Crippen LogP contribution in [-0.4, -0.2) is 0 Å². The first-order chi connectivity index (χ1) is 7.06. The quantitative estimate of drug-likeness (QED) is 0.354. The number of allylic oxidation sites excluding steroid dienone is 2. The zero-order valence-corrected chi connectivity index (χ0v) is 11.3. The SMILES string of the molecule is CCCCCCCCC/C=C\C(C)(C)C. The van der Waals surface area contributed by atoms with E-state index in [1.165, 1.54) is 51.4 Å². The molecule has 0 radical (unpaired) electrons. The van der Waals surface area contributed by atoms with Gasteiger partial charge in [-0.1, -0.05) is 78.4 Å². The Morgan fingerprint density at radius 1 is 0.800 bits per heavy atom. The molecule has 0 aliphatic rings. The van der Waals surface area contributed by atoms with Gasteiger partial charge in [0.25, 0.3) is 0 Å². The molecule has 0 nitrogen and oxygen atoms in total. The van der Waals surface area contributed by atoms with Crippen LogP contribution >= 0.6 is 0 Å². The molecule has 0 aromatic rings. The topological polar surface area (TPSA) is 0 Å². The monoisotopic (exact) mass is 210 g/mol. The van der Waals surface area contributed by atoms with Gasteiger partial charge in [-0.15, -0.1) is 0 Å². The van der Waals surface area contributed by atoms with E-state index < -0.39 is 0 Å². The Labute approximate surface area is 97.2 Å². The second-order valence-electron chi connectivity index (χ2n) is 5.68. The van der Waals surface area contributed by atoms with E-state index in [1.807, 2.05) is 0 Å². The summed E-state index contributed by atoms with van der Waals surface area (Å²) in [5.41, 5.74) is 0.362. The Hall–Kier alpha value is -0.260. The second kappa shape index (κ2) is 9.00. The molecule has 0 saturated heterocycles. The van der Waals surface area contributed by atoms with Crippen molar-refractivity contribution in [3.63, 3.8) is 0 Å². The highest BCUT2D eigenvalue weighted by atomic mass is 14.1. The first-order valence-electron chi connectivity index (χ1n) is 6.74. The smallest absolute Gasteiger partial charge is 0.0203 e. The highest BCUT2D eigenvalue weighted by molar-refractivity contribution is 4.91. The van der Waals surface area contributed by atoms with Gasteiger partial charge in [0.2, 0.25) is 0 Å². The molecule has 0 aromatic carbocycles.